The van der Waals surface area contributed by atoms with Crippen LogP contribution < -0.4 is 19.7 Å². The molecule has 4 heterocycles. The van der Waals surface area contributed by atoms with E-state index in [4.69, 9.17) is 47.4 Å². The lowest BCUT2D eigenvalue weighted by Crippen LogP contribution is -2.31. The highest BCUT2D eigenvalue weighted by Crippen LogP contribution is 2.46. The first-order valence-electron chi connectivity index (χ1n) is 12.9. The van der Waals surface area contributed by atoms with Gasteiger partial charge in [-0.05, 0) is 25.5 Å². The normalized spacial score (nSPS) is 22.5. The lowest BCUT2D eigenvalue weighted by molar-refractivity contribution is -0.115. The summed E-state index contributed by atoms with van der Waals surface area (Å²) in [6.07, 6.45) is 3.94. The van der Waals surface area contributed by atoms with E-state index in [2.05, 4.69) is 16.9 Å². The van der Waals surface area contributed by atoms with E-state index in [1.807, 2.05) is 11.0 Å². The maximum Gasteiger partial charge on any atom is 0.223 e. The summed E-state index contributed by atoms with van der Waals surface area (Å²) in [5.74, 6) is 1.68. The average molecular weight is 588 g/mol. The highest BCUT2D eigenvalue weighted by atomic mass is 35.5. The lowest BCUT2D eigenvalue weighted by atomic mass is 9.97. The number of ketones is 1. The fourth-order valence-corrected chi connectivity index (χ4v) is 5.84. The molecule has 2 fully saturated rings. The van der Waals surface area contributed by atoms with Gasteiger partial charge in [0.25, 0.3) is 0 Å². The molecule has 0 radical (unpaired) electrons. The zero-order valence-electron chi connectivity index (χ0n) is 22.5. The number of hydrogen-bond donors (Lipinski definition) is 2. The molecule has 40 heavy (non-hydrogen) atoms. The van der Waals surface area contributed by atoms with Gasteiger partial charge in [-0.25, -0.2) is 15.0 Å². The highest BCUT2D eigenvalue weighted by molar-refractivity contribution is 6.41. The fourth-order valence-electron chi connectivity index (χ4n) is 5.14. The van der Waals surface area contributed by atoms with Crippen LogP contribution in [0.1, 0.15) is 19.8 Å². The molecule has 0 bridgehead atoms. The predicted octanol–water partition coefficient (Wildman–Crippen LogP) is 4.55. The second-order valence-corrected chi connectivity index (χ2v) is 11.1. The van der Waals surface area contributed by atoms with Crippen molar-refractivity contribution in [2.24, 2.45) is 5.92 Å². The summed E-state index contributed by atoms with van der Waals surface area (Å²) in [6.45, 7) is 7.22. The number of allylic oxidation sites excluding steroid dienone is 1. The third-order valence-corrected chi connectivity index (χ3v) is 8.08. The summed E-state index contributed by atoms with van der Waals surface area (Å²) in [5, 5.41) is 15.4. The third-order valence-electron chi connectivity index (χ3n) is 7.33. The van der Waals surface area contributed by atoms with E-state index in [1.54, 1.807) is 19.2 Å². The molecule has 0 aliphatic carbocycles. The van der Waals surface area contributed by atoms with Crippen molar-refractivity contribution in [1.82, 2.24) is 15.0 Å². The summed E-state index contributed by atoms with van der Waals surface area (Å²) < 4.78 is 16.5. The Labute approximate surface area is 242 Å². The number of anilines is 2. The first kappa shape index (κ1) is 28.4. The Morgan fingerprint density at radius 3 is 2.60 bits per heavy atom. The number of ether oxygens (including phenoxy) is 3. The maximum atomic E-state index is 12.0. The number of aliphatic hydroxyl groups is 1. The monoisotopic (exact) mass is 587 g/mol. The van der Waals surface area contributed by atoms with Crippen LogP contribution in [0.3, 0.4) is 0 Å². The molecule has 12 heteroatoms. The van der Waals surface area contributed by atoms with Gasteiger partial charge in [0.1, 0.15) is 17.0 Å². The fraction of sp³-hybridized carbons (Fsp3) is 0.429. The van der Waals surface area contributed by atoms with Crippen LogP contribution in [0.25, 0.3) is 22.2 Å². The first-order valence-corrected chi connectivity index (χ1v) is 13.6. The number of hydrogen-bond acceptors (Lipinski definition) is 10. The van der Waals surface area contributed by atoms with Crippen molar-refractivity contribution < 1.29 is 24.1 Å². The van der Waals surface area contributed by atoms with Gasteiger partial charge >= 0.3 is 0 Å². The quantitative estimate of drug-likeness (QED) is 0.345. The Balaban J connectivity index is 1.60. The minimum atomic E-state index is -0.876. The Kier molecular flexibility index (Phi) is 8.05. The summed E-state index contributed by atoms with van der Waals surface area (Å²) in [7, 11) is 3.03. The van der Waals surface area contributed by atoms with Gasteiger partial charge in [-0.1, -0.05) is 29.8 Å². The second-order valence-electron chi connectivity index (χ2n) is 10.3. The summed E-state index contributed by atoms with van der Waals surface area (Å²) in [5.41, 5.74) is 0.656. The molecule has 2 aliphatic heterocycles. The molecule has 3 aromatic rings. The van der Waals surface area contributed by atoms with Crippen LogP contribution in [-0.2, 0) is 9.53 Å². The molecule has 2 aromatic heterocycles. The zero-order chi connectivity index (χ0) is 28.6. The van der Waals surface area contributed by atoms with Gasteiger partial charge in [0, 0.05) is 48.6 Å². The van der Waals surface area contributed by atoms with Crippen molar-refractivity contribution in [2.45, 2.75) is 31.4 Å². The maximum absolute atomic E-state index is 12.0. The molecule has 2 N–H and O–H groups in total. The van der Waals surface area contributed by atoms with Gasteiger partial charge < -0.3 is 29.5 Å². The van der Waals surface area contributed by atoms with Gasteiger partial charge in [-0.15, -0.1) is 0 Å². The molecular formula is C28H31Cl2N5O5. The van der Waals surface area contributed by atoms with E-state index in [9.17, 15) is 9.90 Å². The van der Waals surface area contributed by atoms with Crippen LogP contribution in [0, 0.1) is 5.92 Å². The van der Waals surface area contributed by atoms with Gasteiger partial charge in [0.15, 0.2) is 11.6 Å². The van der Waals surface area contributed by atoms with E-state index in [-0.39, 0.29) is 17.7 Å². The number of benzene rings is 1. The standard InChI is InChI=1S/C28H31Cl2N5O5/c1-5-17(36)8-16-12-40-13-19(16)33-27-31-11-15-9-18(22-23(29)20(38-3)10-21(39-4)24(22)30)32-26(25(15)34-27)35-7-6-28(2,37)14-35/h5,9-11,16,19,37H,1,6-8,12-14H2,2-4H3,(H,31,33,34)/t16-,19+,28?/m0/s1. The first-order chi connectivity index (χ1) is 19.1. The Morgan fingerprint density at radius 1 is 1.25 bits per heavy atom. The molecular weight excluding hydrogens is 557 g/mol. The molecule has 0 spiro atoms. The molecule has 10 nitrogen and oxygen atoms in total. The van der Waals surface area contributed by atoms with Gasteiger partial charge in [0.05, 0.1) is 54.8 Å². The van der Waals surface area contributed by atoms with Crippen LogP contribution in [0.2, 0.25) is 10.0 Å². The minimum absolute atomic E-state index is 0.0224. The number of fused-ring (bicyclic) bond motifs is 1. The smallest absolute Gasteiger partial charge is 0.223 e. The van der Waals surface area contributed by atoms with Crippen LogP contribution in [0.5, 0.6) is 11.5 Å². The summed E-state index contributed by atoms with van der Waals surface area (Å²) in [6, 6.07) is 3.30. The topological polar surface area (TPSA) is 119 Å². The van der Waals surface area contributed by atoms with Crippen LogP contribution in [-0.4, -0.2) is 78.0 Å². The van der Waals surface area contributed by atoms with Crippen molar-refractivity contribution >= 4 is 51.7 Å². The van der Waals surface area contributed by atoms with E-state index in [0.717, 1.165) is 0 Å². The Morgan fingerprint density at radius 2 is 1.98 bits per heavy atom. The molecule has 2 saturated heterocycles. The molecule has 3 atom stereocenters. The van der Waals surface area contributed by atoms with E-state index in [0.29, 0.717) is 94.6 Å². The number of rotatable bonds is 9. The van der Waals surface area contributed by atoms with Gasteiger partial charge in [-0.2, -0.15) is 0 Å². The molecule has 212 valence electrons. The van der Waals surface area contributed by atoms with Crippen LogP contribution >= 0.6 is 23.2 Å². The number of nitrogens with zero attached hydrogens (tertiary/aromatic N) is 4. The Bertz CT molecular complexity index is 1440. The predicted molar refractivity (Wildman–Crippen MR) is 155 cm³/mol. The van der Waals surface area contributed by atoms with Gasteiger partial charge in [0.2, 0.25) is 5.95 Å². The summed E-state index contributed by atoms with van der Waals surface area (Å²) in [4.78, 5) is 28.3. The van der Waals surface area contributed by atoms with Crippen molar-refractivity contribution in [2.75, 3.05) is 50.7 Å². The number of carbonyl (C=O) groups excluding carboxylic acids is 1. The third kappa shape index (κ3) is 5.54. The van der Waals surface area contributed by atoms with Crippen molar-refractivity contribution in [1.29, 1.82) is 0 Å². The van der Waals surface area contributed by atoms with E-state index >= 15 is 0 Å². The van der Waals surface area contributed by atoms with Crippen molar-refractivity contribution in [3.63, 3.8) is 0 Å². The lowest BCUT2D eigenvalue weighted by Gasteiger charge is -2.23. The molecule has 5 rings (SSSR count). The second kappa shape index (κ2) is 11.4. The molecule has 0 saturated carbocycles. The number of carbonyl (C=O) groups is 1. The molecule has 0 amide bonds. The summed E-state index contributed by atoms with van der Waals surface area (Å²) >= 11 is 13.4. The minimum Gasteiger partial charge on any atom is -0.495 e. The van der Waals surface area contributed by atoms with E-state index < -0.39 is 5.60 Å². The Hall–Kier alpha value is -3.18. The SMILES string of the molecule is C=CC(=O)C[C@H]1COC[C@H]1Nc1ncc2cc(-c3c(Cl)c(OC)cc(OC)c3Cl)nc(N3CCC(C)(O)C3)c2n1. The van der Waals surface area contributed by atoms with E-state index in [1.165, 1.54) is 20.3 Å². The van der Waals surface area contributed by atoms with Crippen LogP contribution in [0.15, 0.2) is 31.0 Å². The number of pyridine rings is 1. The average Bonchev–Trinajstić information content (AvgIpc) is 3.53. The molecule has 1 unspecified atom stereocenters. The molecule has 1 aromatic carbocycles. The number of nitrogens with one attached hydrogen (secondary N) is 1. The number of β-amino-alcohol motifs (C(OH)–C–C–N with tert-alkyl or cyclic N) is 1. The number of methoxy groups -OCH3 is 2. The van der Waals surface area contributed by atoms with Crippen molar-refractivity contribution in [3.05, 3.63) is 41.0 Å². The van der Waals surface area contributed by atoms with Crippen molar-refractivity contribution in [3.8, 4) is 22.8 Å². The molecule has 2 aliphatic rings. The largest absolute Gasteiger partial charge is 0.495 e. The zero-order valence-corrected chi connectivity index (χ0v) is 24.1. The van der Waals surface area contributed by atoms with Gasteiger partial charge in [-0.3, -0.25) is 4.79 Å². The number of halogens is 2. The van der Waals surface area contributed by atoms with Crippen LogP contribution in [0.4, 0.5) is 11.8 Å². The highest BCUT2D eigenvalue weighted by Gasteiger charge is 2.34. The number of aromatic nitrogens is 3.